The van der Waals surface area contributed by atoms with Crippen LogP contribution in [0.1, 0.15) is 47.2 Å². The van der Waals surface area contributed by atoms with E-state index in [1.54, 1.807) is 6.07 Å². The SMILES string of the molecule is CCCCc1nc2cc(-c3ccccc3)c(C)nc2n1Cc1ccc2oc(-c3ccccc3C(=O)OC)c(Br)c2c1. The molecular weight excluding hydrogens is 578 g/mol. The number of pyridine rings is 1. The molecule has 0 amide bonds. The highest BCUT2D eigenvalue weighted by Crippen LogP contribution is 2.40. The molecule has 3 heterocycles. The van der Waals surface area contributed by atoms with Crippen LogP contribution >= 0.6 is 15.9 Å². The van der Waals surface area contributed by atoms with E-state index in [1.807, 2.05) is 42.5 Å². The number of unbranched alkanes of at least 4 members (excludes halogenated alkanes) is 1. The minimum absolute atomic E-state index is 0.404. The van der Waals surface area contributed by atoms with Crippen LogP contribution in [0.25, 0.3) is 44.6 Å². The Hall–Kier alpha value is -4.23. The number of ether oxygens (including phenoxy) is 1. The molecular formula is C34H30BrN3O3. The van der Waals surface area contributed by atoms with Gasteiger partial charge >= 0.3 is 5.97 Å². The van der Waals surface area contributed by atoms with Crippen molar-refractivity contribution >= 4 is 44.0 Å². The molecule has 0 N–H and O–H groups in total. The third kappa shape index (κ3) is 5.06. The quantitative estimate of drug-likeness (QED) is 0.162. The summed E-state index contributed by atoms with van der Waals surface area (Å²) in [7, 11) is 1.38. The van der Waals surface area contributed by atoms with Gasteiger partial charge in [0.15, 0.2) is 5.65 Å². The Bertz CT molecular complexity index is 1890. The van der Waals surface area contributed by atoms with Gasteiger partial charge in [0.25, 0.3) is 0 Å². The number of furan rings is 1. The van der Waals surface area contributed by atoms with E-state index in [-0.39, 0.29) is 0 Å². The van der Waals surface area contributed by atoms with Crippen LogP contribution in [0.3, 0.4) is 0 Å². The topological polar surface area (TPSA) is 70.2 Å². The zero-order valence-corrected chi connectivity index (χ0v) is 24.9. The van der Waals surface area contributed by atoms with Crippen molar-refractivity contribution in [3.63, 3.8) is 0 Å². The van der Waals surface area contributed by atoms with E-state index >= 15 is 0 Å². The third-order valence-corrected chi connectivity index (χ3v) is 8.23. The Morgan fingerprint density at radius 2 is 1.76 bits per heavy atom. The predicted octanol–water partition coefficient (Wildman–Crippen LogP) is 8.76. The molecule has 206 valence electrons. The zero-order valence-electron chi connectivity index (χ0n) is 23.3. The van der Waals surface area contributed by atoms with Gasteiger partial charge in [0.05, 0.1) is 23.7 Å². The zero-order chi connectivity index (χ0) is 28.5. The van der Waals surface area contributed by atoms with Crippen LogP contribution in [-0.4, -0.2) is 27.6 Å². The summed E-state index contributed by atoms with van der Waals surface area (Å²) in [4.78, 5) is 22.5. The van der Waals surface area contributed by atoms with Crippen LogP contribution in [0, 0.1) is 6.92 Å². The summed E-state index contributed by atoms with van der Waals surface area (Å²) in [5.74, 6) is 1.23. The lowest BCUT2D eigenvalue weighted by molar-refractivity contribution is 0.0601. The predicted molar refractivity (Wildman–Crippen MR) is 166 cm³/mol. The summed E-state index contributed by atoms with van der Waals surface area (Å²) in [5, 5.41) is 0.937. The largest absolute Gasteiger partial charge is 0.465 e. The van der Waals surface area contributed by atoms with Crippen molar-refractivity contribution in [3.8, 4) is 22.5 Å². The number of methoxy groups -OCH3 is 1. The summed E-state index contributed by atoms with van der Waals surface area (Å²) in [5.41, 5.74) is 8.01. The van der Waals surface area contributed by atoms with E-state index in [0.717, 1.165) is 74.1 Å². The Balaban J connectivity index is 1.42. The van der Waals surface area contributed by atoms with Crippen LogP contribution in [0.4, 0.5) is 0 Å². The third-order valence-electron chi connectivity index (χ3n) is 7.44. The van der Waals surface area contributed by atoms with Gasteiger partial charge < -0.3 is 13.7 Å². The number of fused-ring (bicyclic) bond motifs is 2. The van der Waals surface area contributed by atoms with E-state index in [1.165, 1.54) is 7.11 Å². The second-order valence-electron chi connectivity index (χ2n) is 10.2. The summed E-state index contributed by atoms with van der Waals surface area (Å²) in [6.45, 7) is 4.89. The molecule has 6 rings (SSSR count). The monoisotopic (exact) mass is 607 g/mol. The lowest BCUT2D eigenvalue weighted by atomic mass is 10.0. The molecule has 0 fully saturated rings. The molecule has 0 spiro atoms. The summed E-state index contributed by atoms with van der Waals surface area (Å²) < 4.78 is 14.3. The molecule has 41 heavy (non-hydrogen) atoms. The van der Waals surface area contributed by atoms with Gasteiger partial charge in [0, 0.05) is 28.6 Å². The molecule has 0 aliphatic rings. The number of benzene rings is 3. The molecule has 6 nitrogen and oxygen atoms in total. The number of imidazole rings is 1. The minimum atomic E-state index is -0.404. The fourth-order valence-corrected chi connectivity index (χ4v) is 5.93. The molecule has 3 aromatic carbocycles. The maximum atomic E-state index is 12.4. The number of aryl methyl sites for hydroxylation is 2. The first-order valence-corrected chi connectivity index (χ1v) is 14.6. The lowest BCUT2D eigenvalue weighted by Gasteiger charge is -2.10. The number of esters is 1. The molecule has 0 saturated carbocycles. The van der Waals surface area contributed by atoms with Gasteiger partial charge in [-0.25, -0.2) is 14.8 Å². The molecule has 0 atom stereocenters. The molecule has 0 saturated heterocycles. The maximum Gasteiger partial charge on any atom is 0.338 e. The van der Waals surface area contributed by atoms with E-state index in [9.17, 15) is 4.79 Å². The summed E-state index contributed by atoms with van der Waals surface area (Å²) >= 11 is 3.76. The highest BCUT2D eigenvalue weighted by molar-refractivity contribution is 9.10. The van der Waals surface area contributed by atoms with E-state index < -0.39 is 5.97 Å². The average molecular weight is 609 g/mol. The van der Waals surface area contributed by atoms with Crippen LogP contribution in [-0.2, 0) is 17.7 Å². The van der Waals surface area contributed by atoms with Gasteiger partial charge in [0.2, 0.25) is 0 Å². The fourth-order valence-electron chi connectivity index (χ4n) is 5.32. The summed E-state index contributed by atoms with van der Waals surface area (Å²) in [6.07, 6.45) is 3.04. The number of carbonyl (C=O) groups is 1. The van der Waals surface area contributed by atoms with Gasteiger partial charge in [-0.15, -0.1) is 0 Å². The van der Waals surface area contributed by atoms with Crippen molar-refractivity contribution in [2.75, 3.05) is 7.11 Å². The van der Waals surface area contributed by atoms with Gasteiger partial charge in [-0.05, 0) is 64.7 Å². The highest BCUT2D eigenvalue weighted by atomic mass is 79.9. The van der Waals surface area contributed by atoms with Crippen molar-refractivity contribution in [2.45, 2.75) is 39.7 Å². The molecule has 0 radical (unpaired) electrons. The number of rotatable bonds is 8. The van der Waals surface area contributed by atoms with Crippen LogP contribution in [0.5, 0.6) is 0 Å². The first-order chi connectivity index (χ1) is 20.0. The number of halogens is 1. The summed E-state index contributed by atoms with van der Waals surface area (Å²) in [6, 6.07) is 26.0. The standard InChI is InChI=1S/C34H30BrN3O3/c1-4-5-15-30-37-28-19-26(23-11-7-6-8-12-23)21(2)36-33(28)38(30)20-22-16-17-29-27(18-22)31(35)32(41-29)24-13-9-10-14-25(24)34(39)40-3/h6-14,16-19H,4-5,15,20H2,1-3H3. The second kappa shape index (κ2) is 11.3. The normalized spacial score (nSPS) is 11.4. The molecule has 0 aliphatic heterocycles. The maximum absolute atomic E-state index is 12.4. The molecule has 0 unspecified atom stereocenters. The van der Waals surface area contributed by atoms with E-state index in [0.29, 0.717) is 23.4 Å². The van der Waals surface area contributed by atoms with Gasteiger partial charge in [-0.3, -0.25) is 0 Å². The molecule has 0 aliphatic carbocycles. The first kappa shape index (κ1) is 27.0. The van der Waals surface area contributed by atoms with Crippen LogP contribution < -0.4 is 0 Å². The van der Waals surface area contributed by atoms with Crippen LogP contribution in [0.15, 0.2) is 87.8 Å². The van der Waals surface area contributed by atoms with E-state index in [2.05, 4.69) is 64.7 Å². The molecule has 3 aromatic heterocycles. The number of hydrogen-bond donors (Lipinski definition) is 0. The Morgan fingerprint density at radius 3 is 2.54 bits per heavy atom. The number of nitrogens with zero attached hydrogens (tertiary/aromatic N) is 3. The van der Waals surface area contributed by atoms with Gasteiger partial charge in [-0.1, -0.05) is 67.9 Å². The van der Waals surface area contributed by atoms with Gasteiger partial charge in [0.1, 0.15) is 22.7 Å². The van der Waals surface area contributed by atoms with Crippen LogP contribution in [0.2, 0.25) is 0 Å². The fraction of sp³-hybridized carbons (Fsp3) is 0.206. The molecule has 0 bridgehead atoms. The van der Waals surface area contributed by atoms with Crippen molar-refractivity contribution in [1.29, 1.82) is 0 Å². The van der Waals surface area contributed by atoms with Crippen molar-refractivity contribution in [3.05, 3.63) is 106 Å². The Labute approximate surface area is 247 Å². The minimum Gasteiger partial charge on any atom is -0.465 e. The van der Waals surface area contributed by atoms with Crippen molar-refractivity contribution in [1.82, 2.24) is 14.5 Å². The Kier molecular flexibility index (Phi) is 7.45. The average Bonchev–Trinajstić information content (AvgIpc) is 3.51. The first-order valence-electron chi connectivity index (χ1n) is 13.8. The number of aromatic nitrogens is 3. The van der Waals surface area contributed by atoms with Gasteiger partial charge in [-0.2, -0.15) is 0 Å². The highest BCUT2D eigenvalue weighted by Gasteiger charge is 2.21. The number of carbonyl (C=O) groups excluding carboxylic acids is 1. The lowest BCUT2D eigenvalue weighted by Crippen LogP contribution is -2.06. The molecule has 6 aromatic rings. The number of hydrogen-bond acceptors (Lipinski definition) is 5. The van der Waals surface area contributed by atoms with Crippen molar-refractivity contribution in [2.24, 2.45) is 0 Å². The molecule has 7 heteroatoms. The Morgan fingerprint density at radius 1 is 0.976 bits per heavy atom. The van der Waals surface area contributed by atoms with E-state index in [4.69, 9.17) is 19.1 Å². The smallest absolute Gasteiger partial charge is 0.338 e. The second-order valence-corrected chi connectivity index (χ2v) is 11.0. The van der Waals surface area contributed by atoms with Crippen molar-refractivity contribution < 1.29 is 13.9 Å².